The van der Waals surface area contributed by atoms with Gasteiger partial charge in [-0.3, -0.25) is 4.79 Å². The molecule has 0 spiro atoms. The Morgan fingerprint density at radius 3 is 2.61 bits per heavy atom. The molecule has 1 aromatic carbocycles. The number of alkyl halides is 1. The molecule has 0 aliphatic rings. The molecular formula is C14H19Br2NO. The van der Waals surface area contributed by atoms with Gasteiger partial charge in [-0.05, 0) is 37.0 Å². The first-order valence-electron chi connectivity index (χ1n) is 6.07. The minimum absolute atomic E-state index is 0.00102. The fourth-order valence-electron chi connectivity index (χ4n) is 1.85. The lowest BCUT2D eigenvalue weighted by Gasteiger charge is -2.19. The van der Waals surface area contributed by atoms with Gasteiger partial charge >= 0.3 is 0 Å². The minimum Gasteiger partial charge on any atom is -0.348 e. The molecule has 0 radical (unpaired) electrons. The maximum atomic E-state index is 12.2. The van der Waals surface area contributed by atoms with Crippen molar-refractivity contribution in [1.82, 2.24) is 5.32 Å². The third-order valence-electron chi connectivity index (χ3n) is 2.79. The quantitative estimate of drug-likeness (QED) is 0.762. The van der Waals surface area contributed by atoms with Crippen molar-refractivity contribution in [3.8, 4) is 0 Å². The summed E-state index contributed by atoms with van der Waals surface area (Å²) in [6.45, 7) is 6.27. The Balaban J connectivity index is 2.78. The van der Waals surface area contributed by atoms with Crippen LogP contribution in [0.15, 0.2) is 22.7 Å². The standard InChI is InChI=1S/C14H19Br2NO/c1-9(2)7-11(8-15)17-14(18)12-5-4-6-13(16)10(12)3/h4-6,9,11H,7-8H2,1-3H3,(H,17,18). The van der Waals surface area contributed by atoms with Gasteiger partial charge in [0, 0.05) is 21.4 Å². The van der Waals surface area contributed by atoms with E-state index < -0.39 is 0 Å². The molecule has 1 atom stereocenters. The molecule has 0 aromatic heterocycles. The molecule has 0 heterocycles. The highest BCUT2D eigenvalue weighted by Gasteiger charge is 2.16. The molecule has 0 saturated carbocycles. The topological polar surface area (TPSA) is 29.1 Å². The fourth-order valence-corrected chi connectivity index (χ4v) is 2.64. The van der Waals surface area contributed by atoms with E-state index in [-0.39, 0.29) is 11.9 Å². The van der Waals surface area contributed by atoms with Crippen LogP contribution in [0.1, 0.15) is 36.2 Å². The normalized spacial score (nSPS) is 12.6. The highest BCUT2D eigenvalue weighted by Crippen LogP contribution is 2.19. The predicted octanol–water partition coefficient (Wildman–Crippen LogP) is 4.30. The van der Waals surface area contributed by atoms with Gasteiger partial charge in [-0.1, -0.05) is 51.8 Å². The highest BCUT2D eigenvalue weighted by molar-refractivity contribution is 9.10. The van der Waals surface area contributed by atoms with Crippen molar-refractivity contribution in [2.45, 2.75) is 33.2 Å². The van der Waals surface area contributed by atoms with E-state index in [1.54, 1.807) is 0 Å². The first-order valence-corrected chi connectivity index (χ1v) is 7.99. The summed E-state index contributed by atoms with van der Waals surface area (Å²) in [4.78, 5) is 12.2. The highest BCUT2D eigenvalue weighted by atomic mass is 79.9. The second kappa shape index (κ2) is 7.29. The lowest BCUT2D eigenvalue weighted by atomic mass is 10.0. The molecule has 1 N–H and O–H groups in total. The molecule has 4 heteroatoms. The van der Waals surface area contributed by atoms with Crippen LogP contribution in [0.3, 0.4) is 0 Å². The molecule has 100 valence electrons. The molecule has 1 amide bonds. The van der Waals surface area contributed by atoms with E-state index in [9.17, 15) is 4.79 Å². The van der Waals surface area contributed by atoms with Crippen LogP contribution in [0.5, 0.6) is 0 Å². The Hall–Kier alpha value is -0.350. The molecule has 0 aliphatic heterocycles. The number of nitrogens with one attached hydrogen (secondary N) is 1. The van der Waals surface area contributed by atoms with E-state index in [1.165, 1.54) is 0 Å². The molecular weight excluding hydrogens is 358 g/mol. The summed E-state index contributed by atoms with van der Waals surface area (Å²) in [6, 6.07) is 5.87. The summed E-state index contributed by atoms with van der Waals surface area (Å²) < 4.78 is 0.967. The van der Waals surface area contributed by atoms with Gasteiger partial charge in [0.2, 0.25) is 0 Å². The predicted molar refractivity (Wildman–Crippen MR) is 83.4 cm³/mol. The zero-order chi connectivity index (χ0) is 13.7. The van der Waals surface area contributed by atoms with E-state index in [0.717, 1.165) is 27.4 Å². The number of rotatable bonds is 5. The monoisotopic (exact) mass is 375 g/mol. The zero-order valence-electron chi connectivity index (χ0n) is 11.0. The Morgan fingerprint density at radius 2 is 2.06 bits per heavy atom. The summed E-state index contributed by atoms with van der Waals surface area (Å²) in [5.41, 5.74) is 1.71. The zero-order valence-corrected chi connectivity index (χ0v) is 14.1. The average molecular weight is 377 g/mol. The summed E-state index contributed by atoms with van der Waals surface area (Å²) in [5, 5.41) is 3.86. The Kier molecular flexibility index (Phi) is 6.36. The van der Waals surface area contributed by atoms with Gasteiger partial charge in [0.05, 0.1) is 0 Å². The van der Waals surface area contributed by atoms with Crippen LogP contribution in [0.25, 0.3) is 0 Å². The van der Waals surface area contributed by atoms with Crippen molar-refractivity contribution >= 4 is 37.8 Å². The number of hydrogen-bond donors (Lipinski definition) is 1. The van der Waals surface area contributed by atoms with Crippen LogP contribution >= 0.6 is 31.9 Å². The minimum atomic E-state index is -0.00102. The van der Waals surface area contributed by atoms with Crippen molar-refractivity contribution < 1.29 is 4.79 Å². The van der Waals surface area contributed by atoms with Crippen molar-refractivity contribution in [2.75, 3.05) is 5.33 Å². The van der Waals surface area contributed by atoms with E-state index in [4.69, 9.17) is 0 Å². The van der Waals surface area contributed by atoms with Gasteiger partial charge in [-0.15, -0.1) is 0 Å². The fraction of sp³-hybridized carbons (Fsp3) is 0.500. The molecule has 18 heavy (non-hydrogen) atoms. The third-order valence-corrected chi connectivity index (χ3v) is 4.43. The van der Waals surface area contributed by atoms with Crippen LogP contribution in [0.4, 0.5) is 0 Å². The SMILES string of the molecule is Cc1c(Br)cccc1C(=O)NC(CBr)CC(C)C. The van der Waals surface area contributed by atoms with Gasteiger partial charge < -0.3 is 5.32 Å². The number of carbonyl (C=O) groups is 1. The summed E-state index contributed by atoms with van der Waals surface area (Å²) in [6.07, 6.45) is 0.976. The first kappa shape index (κ1) is 15.7. The lowest BCUT2D eigenvalue weighted by Crippen LogP contribution is -2.37. The smallest absolute Gasteiger partial charge is 0.251 e. The lowest BCUT2D eigenvalue weighted by molar-refractivity contribution is 0.0936. The number of halogens is 2. The van der Waals surface area contributed by atoms with Crippen LogP contribution in [-0.4, -0.2) is 17.3 Å². The molecule has 0 aliphatic carbocycles. The maximum absolute atomic E-state index is 12.2. The van der Waals surface area contributed by atoms with Crippen LogP contribution in [0.2, 0.25) is 0 Å². The molecule has 0 bridgehead atoms. The molecule has 2 nitrogen and oxygen atoms in total. The van der Waals surface area contributed by atoms with Gasteiger partial charge in [-0.2, -0.15) is 0 Å². The van der Waals surface area contributed by atoms with Crippen LogP contribution in [-0.2, 0) is 0 Å². The summed E-state index contributed by atoms with van der Waals surface area (Å²) >= 11 is 6.90. The van der Waals surface area contributed by atoms with Crippen molar-refractivity contribution in [2.24, 2.45) is 5.92 Å². The van der Waals surface area contributed by atoms with Gasteiger partial charge in [0.25, 0.3) is 5.91 Å². The van der Waals surface area contributed by atoms with Gasteiger partial charge in [0.15, 0.2) is 0 Å². The van der Waals surface area contributed by atoms with Crippen molar-refractivity contribution in [3.63, 3.8) is 0 Å². The van der Waals surface area contributed by atoms with E-state index >= 15 is 0 Å². The first-order chi connectivity index (χ1) is 8.45. The largest absolute Gasteiger partial charge is 0.348 e. The third kappa shape index (κ3) is 4.39. The Bertz CT molecular complexity index is 418. The van der Waals surface area contributed by atoms with E-state index in [1.807, 2.05) is 25.1 Å². The van der Waals surface area contributed by atoms with Crippen LogP contribution in [0, 0.1) is 12.8 Å². The molecule has 1 rings (SSSR count). The van der Waals surface area contributed by atoms with Gasteiger partial charge in [0.1, 0.15) is 0 Å². The van der Waals surface area contributed by atoms with E-state index in [2.05, 4.69) is 51.0 Å². The second-order valence-corrected chi connectivity index (χ2v) is 6.37. The summed E-state index contributed by atoms with van der Waals surface area (Å²) in [5.74, 6) is 0.565. The van der Waals surface area contributed by atoms with Gasteiger partial charge in [-0.25, -0.2) is 0 Å². The van der Waals surface area contributed by atoms with E-state index in [0.29, 0.717) is 5.92 Å². The molecule has 1 unspecified atom stereocenters. The number of benzene rings is 1. The average Bonchev–Trinajstić information content (AvgIpc) is 2.31. The number of carbonyl (C=O) groups excluding carboxylic acids is 1. The Labute approximate surface area is 126 Å². The Morgan fingerprint density at radius 1 is 1.39 bits per heavy atom. The number of amides is 1. The van der Waals surface area contributed by atoms with Crippen molar-refractivity contribution in [1.29, 1.82) is 0 Å². The number of hydrogen-bond acceptors (Lipinski definition) is 1. The van der Waals surface area contributed by atoms with Crippen molar-refractivity contribution in [3.05, 3.63) is 33.8 Å². The molecule has 0 saturated heterocycles. The van der Waals surface area contributed by atoms with Crippen LogP contribution < -0.4 is 5.32 Å². The summed E-state index contributed by atoms with van der Waals surface area (Å²) in [7, 11) is 0. The second-order valence-electron chi connectivity index (χ2n) is 4.87. The molecule has 0 fully saturated rings. The molecule has 1 aromatic rings. The maximum Gasteiger partial charge on any atom is 0.251 e.